The molecular weight excluding hydrogens is 424 g/mol. The number of ether oxygens (including phenoxy) is 1. The number of carbonyl (C=O) groups excluding carboxylic acids is 1. The van der Waals surface area contributed by atoms with Gasteiger partial charge in [0, 0.05) is 19.0 Å². The lowest BCUT2D eigenvalue weighted by Gasteiger charge is -2.32. The Hall–Kier alpha value is -2.81. The van der Waals surface area contributed by atoms with Gasteiger partial charge in [0.2, 0.25) is 5.13 Å². The van der Waals surface area contributed by atoms with Crippen LogP contribution >= 0.6 is 11.3 Å². The molecule has 0 unspecified atom stereocenters. The second-order valence-electron chi connectivity index (χ2n) is 8.49. The normalized spacial score (nSPS) is 17.7. The quantitative estimate of drug-likeness (QED) is 0.540. The predicted molar refractivity (Wildman–Crippen MR) is 126 cm³/mol. The van der Waals surface area contributed by atoms with Crippen LogP contribution in [0, 0.1) is 5.92 Å². The molecule has 0 spiro atoms. The number of piperidine rings is 1. The van der Waals surface area contributed by atoms with Crippen LogP contribution in [0.5, 0.6) is 0 Å². The van der Waals surface area contributed by atoms with E-state index in [4.69, 9.17) is 9.72 Å². The van der Waals surface area contributed by atoms with E-state index < -0.39 is 0 Å². The van der Waals surface area contributed by atoms with Crippen molar-refractivity contribution >= 4 is 45.0 Å². The van der Waals surface area contributed by atoms with Crippen LogP contribution in [0.3, 0.4) is 0 Å². The van der Waals surface area contributed by atoms with Gasteiger partial charge in [0.05, 0.1) is 35.4 Å². The van der Waals surface area contributed by atoms with E-state index in [1.165, 1.54) is 25.7 Å². The Bertz CT molecular complexity index is 1090. The van der Waals surface area contributed by atoms with Crippen molar-refractivity contribution in [3.05, 3.63) is 29.4 Å². The van der Waals surface area contributed by atoms with Crippen molar-refractivity contribution in [2.45, 2.75) is 51.4 Å². The van der Waals surface area contributed by atoms with E-state index in [2.05, 4.69) is 31.5 Å². The summed E-state index contributed by atoms with van der Waals surface area (Å²) in [6.07, 6.45) is 8.49. The Morgan fingerprint density at radius 3 is 2.75 bits per heavy atom. The minimum absolute atomic E-state index is 0.00503. The van der Waals surface area contributed by atoms with Crippen molar-refractivity contribution in [3.8, 4) is 0 Å². The van der Waals surface area contributed by atoms with E-state index in [0.29, 0.717) is 12.5 Å². The van der Waals surface area contributed by atoms with E-state index in [1.807, 2.05) is 25.3 Å². The number of nitrogens with one attached hydrogen (secondary N) is 1. The zero-order valence-corrected chi connectivity index (χ0v) is 19.1. The summed E-state index contributed by atoms with van der Waals surface area (Å²) < 4.78 is 5.18. The van der Waals surface area contributed by atoms with Crippen LogP contribution in [-0.4, -0.2) is 45.8 Å². The molecule has 9 heteroatoms. The van der Waals surface area contributed by atoms with E-state index in [0.717, 1.165) is 58.6 Å². The van der Waals surface area contributed by atoms with Crippen LogP contribution in [0.15, 0.2) is 24.4 Å². The second kappa shape index (κ2) is 9.36. The van der Waals surface area contributed by atoms with Crippen LogP contribution in [0.25, 0.3) is 11.0 Å². The molecule has 168 valence electrons. The number of carbonyl (C=O) groups is 1. The SMILES string of the molecule is CCOC(=O)C1CCN(c2cnc3ccc(Nc4nnc(C5CCCC5)s4)nc3c2)CC1. The first-order valence-corrected chi connectivity index (χ1v) is 12.3. The van der Waals surface area contributed by atoms with Crippen molar-refractivity contribution in [1.82, 2.24) is 20.2 Å². The molecule has 0 aromatic carbocycles. The van der Waals surface area contributed by atoms with E-state index in [-0.39, 0.29) is 11.9 Å². The molecule has 8 nitrogen and oxygen atoms in total. The van der Waals surface area contributed by atoms with Gasteiger partial charge in [-0.3, -0.25) is 9.78 Å². The first-order valence-electron chi connectivity index (χ1n) is 11.5. The lowest BCUT2D eigenvalue weighted by molar-refractivity contribution is -0.148. The number of pyridine rings is 2. The Labute approximate surface area is 191 Å². The Kier molecular flexibility index (Phi) is 6.16. The summed E-state index contributed by atoms with van der Waals surface area (Å²) in [5, 5.41) is 13.9. The number of fused-ring (bicyclic) bond motifs is 1. The van der Waals surface area contributed by atoms with Gasteiger partial charge in [-0.05, 0) is 50.8 Å². The highest BCUT2D eigenvalue weighted by molar-refractivity contribution is 7.15. The minimum Gasteiger partial charge on any atom is -0.466 e. The van der Waals surface area contributed by atoms with Crippen molar-refractivity contribution in [1.29, 1.82) is 0 Å². The molecule has 32 heavy (non-hydrogen) atoms. The summed E-state index contributed by atoms with van der Waals surface area (Å²) in [7, 11) is 0. The predicted octanol–water partition coefficient (Wildman–Crippen LogP) is 4.66. The molecule has 0 atom stereocenters. The number of aromatic nitrogens is 4. The molecule has 0 amide bonds. The fraction of sp³-hybridized carbons (Fsp3) is 0.522. The largest absolute Gasteiger partial charge is 0.466 e. The third-order valence-corrected chi connectivity index (χ3v) is 7.38. The molecule has 1 saturated carbocycles. The third kappa shape index (κ3) is 4.53. The molecule has 0 radical (unpaired) electrons. The molecule has 1 aliphatic carbocycles. The number of hydrogen-bond acceptors (Lipinski definition) is 9. The maximum atomic E-state index is 12.0. The van der Waals surface area contributed by atoms with Gasteiger partial charge in [-0.25, -0.2) is 4.98 Å². The highest BCUT2D eigenvalue weighted by Crippen LogP contribution is 2.37. The first-order chi connectivity index (χ1) is 15.7. The average Bonchev–Trinajstić information content (AvgIpc) is 3.51. The number of anilines is 3. The number of nitrogens with zero attached hydrogens (tertiary/aromatic N) is 5. The zero-order valence-electron chi connectivity index (χ0n) is 18.3. The number of rotatable bonds is 6. The van der Waals surface area contributed by atoms with Crippen LogP contribution in [-0.2, 0) is 9.53 Å². The maximum Gasteiger partial charge on any atom is 0.309 e. The van der Waals surface area contributed by atoms with Gasteiger partial charge in [0.15, 0.2) is 0 Å². The molecule has 3 aromatic heterocycles. The zero-order chi connectivity index (χ0) is 21.9. The Morgan fingerprint density at radius 1 is 1.16 bits per heavy atom. The summed E-state index contributed by atoms with van der Waals surface area (Å²) in [5.74, 6) is 1.22. The van der Waals surface area contributed by atoms with Crippen molar-refractivity contribution in [2.24, 2.45) is 5.92 Å². The highest BCUT2D eigenvalue weighted by Gasteiger charge is 2.26. The monoisotopic (exact) mass is 452 g/mol. The molecule has 1 saturated heterocycles. The molecule has 3 aromatic rings. The lowest BCUT2D eigenvalue weighted by atomic mass is 9.97. The standard InChI is InChI=1S/C23H28N6O2S/c1-2-31-22(30)16-9-11-29(12-10-16)17-13-19-18(24-14-17)7-8-20(25-19)26-23-28-27-21(32-23)15-5-3-4-6-15/h7-8,13-16H,2-6,9-12H2,1H3,(H,25,26,28). The molecule has 0 bridgehead atoms. The number of esters is 1. The molecule has 5 rings (SSSR count). The summed E-state index contributed by atoms with van der Waals surface area (Å²) >= 11 is 1.63. The second-order valence-corrected chi connectivity index (χ2v) is 9.50. The van der Waals surface area contributed by atoms with Gasteiger partial charge in [-0.2, -0.15) is 0 Å². The summed E-state index contributed by atoms with van der Waals surface area (Å²) in [5.41, 5.74) is 2.72. The Balaban J connectivity index is 1.27. The molecule has 4 heterocycles. The molecule has 2 aliphatic rings. The third-order valence-electron chi connectivity index (χ3n) is 6.38. The van der Waals surface area contributed by atoms with Gasteiger partial charge < -0.3 is 15.0 Å². The van der Waals surface area contributed by atoms with Crippen molar-refractivity contribution in [3.63, 3.8) is 0 Å². The van der Waals surface area contributed by atoms with Gasteiger partial charge in [-0.1, -0.05) is 24.2 Å². The van der Waals surface area contributed by atoms with E-state index in [1.54, 1.807) is 11.3 Å². The lowest BCUT2D eigenvalue weighted by Crippen LogP contribution is -2.37. The van der Waals surface area contributed by atoms with Crippen molar-refractivity contribution in [2.75, 3.05) is 29.9 Å². The molecule has 1 aliphatic heterocycles. The molecule has 1 N–H and O–H groups in total. The average molecular weight is 453 g/mol. The smallest absolute Gasteiger partial charge is 0.309 e. The highest BCUT2D eigenvalue weighted by atomic mass is 32.1. The van der Waals surface area contributed by atoms with E-state index in [9.17, 15) is 4.79 Å². The van der Waals surface area contributed by atoms with Crippen LogP contribution in [0.1, 0.15) is 56.4 Å². The first kappa shape index (κ1) is 21.1. The van der Waals surface area contributed by atoms with Gasteiger partial charge in [0.1, 0.15) is 10.8 Å². The van der Waals surface area contributed by atoms with Gasteiger partial charge >= 0.3 is 5.97 Å². The molecular formula is C23H28N6O2S. The molecule has 2 fully saturated rings. The van der Waals surface area contributed by atoms with Gasteiger partial charge in [-0.15, -0.1) is 10.2 Å². The topological polar surface area (TPSA) is 93.1 Å². The van der Waals surface area contributed by atoms with Crippen LogP contribution < -0.4 is 10.2 Å². The summed E-state index contributed by atoms with van der Waals surface area (Å²) in [6.45, 7) is 3.91. The summed E-state index contributed by atoms with van der Waals surface area (Å²) in [4.78, 5) is 23.6. The summed E-state index contributed by atoms with van der Waals surface area (Å²) in [6, 6.07) is 5.97. The fourth-order valence-electron chi connectivity index (χ4n) is 4.60. The fourth-order valence-corrected chi connectivity index (χ4v) is 5.52. The van der Waals surface area contributed by atoms with Gasteiger partial charge in [0.25, 0.3) is 0 Å². The minimum atomic E-state index is -0.0751. The Morgan fingerprint density at radius 2 is 1.97 bits per heavy atom. The van der Waals surface area contributed by atoms with Crippen LogP contribution in [0.4, 0.5) is 16.6 Å². The van der Waals surface area contributed by atoms with Crippen molar-refractivity contribution < 1.29 is 9.53 Å². The maximum absolute atomic E-state index is 12.0. The van der Waals surface area contributed by atoms with E-state index >= 15 is 0 Å². The van der Waals surface area contributed by atoms with Crippen LogP contribution in [0.2, 0.25) is 0 Å². The number of hydrogen-bond donors (Lipinski definition) is 1.